The molecule has 0 unspecified atom stereocenters. The van der Waals surface area contributed by atoms with E-state index in [1.165, 1.54) is 39.1 Å². The van der Waals surface area contributed by atoms with E-state index >= 15 is 0 Å². The van der Waals surface area contributed by atoms with Gasteiger partial charge < -0.3 is 15.1 Å². The van der Waals surface area contributed by atoms with Gasteiger partial charge in [-0.2, -0.15) is 0 Å². The molecule has 0 atom stereocenters. The number of amides is 1. The van der Waals surface area contributed by atoms with Gasteiger partial charge in [-0.25, -0.2) is 0 Å². The van der Waals surface area contributed by atoms with Crippen LogP contribution >= 0.6 is 0 Å². The van der Waals surface area contributed by atoms with Crippen LogP contribution in [0.25, 0.3) is 0 Å². The summed E-state index contributed by atoms with van der Waals surface area (Å²) in [5, 5.41) is 3.06. The van der Waals surface area contributed by atoms with Crippen LogP contribution in [0.1, 0.15) is 67.2 Å². The van der Waals surface area contributed by atoms with Crippen LogP contribution in [0.15, 0.2) is 0 Å². The topological polar surface area (TPSA) is 35.6 Å². The van der Waals surface area contributed by atoms with Crippen molar-refractivity contribution in [3.8, 4) is 0 Å². The monoisotopic (exact) mass is 351 g/mol. The Morgan fingerprint density at radius 1 is 0.880 bits per heavy atom. The van der Waals surface area contributed by atoms with Crippen LogP contribution in [0.5, 0.6) is 0 Å². The largest absolute Gasteiger partial charge is 0.356 e. The van der Waals surface area contributed by atoms with Gasteiger partial charge in [-0.1, -0.05) is 41.5 Å². The van der Waals surface area contributed by atoms with E-state index in [1.54, 1.807) is 0 Å². The highest BCUT2D eigenvalue weighted by Gasteiger charge is 2.50. The Morgan fingerprint density at radius 3 is 1.92 bits per heavy atom. The SMILES string of the molecule is CC(C)(C)CCNC(=O)CCCN1CC2(C1)CN(CCC(C)(C)C)C2. The first-order chi connectivity index (χ1) is 11.5. The second-order valence-electron chi connectivity index (χ2n) is 11.0. The first-order valence-electron chi connectivity index (χ1n) is 10.2. The van der Waals surface area contributed by atoms with Gasteiger partial charge in [-0.15, -0.1) is 0 Å². The van der Waals surface area contributed by atoms with E-state index in [1.807, 2.05) is 0 Å². The van der Waals surface area contributed by atoms with Crippen LogP contribution < -0.4 is 5.32 Å². The van der Waals surface area contributed by atoms with Gasteiger partial charge in [-0.05, 0) is 43.2 Å². The van der Waals surface area contributed by atoms with Crippen LogP contribution in [-0.4, -0.2) is 61.5 Å². The molecule has 0 radical (unpaired) electrons. The first-order valence-corrected chi connectivity index (χ1v) is 10.2. The maximum Gasteiger partial charge on any atom is 0.220 e. The van der Waals surface area contributed by atoms with Crippen molar-refractivity contribution < 1.29 is 4.79 Å². The maximum atomic E-state index is 11.9. The number of hydrogen-bond acceptors (Lipinski definition) is 3. The molecule has 1 spiro atoms. The molecule has 2 aliphatic rings. The molecule has 1 N–H and O–H groups in total. The Bertz CT molecular complexity index is 433. The molecule has 4 heteroatoms. The van der Waals surface area contributed by atoms with E-state index in [0.29, 0.717) is 22.7 Å². The Kier molecular flexibility index (Phi) is 6.59. The zero-order chi connectivity index (χ0) is 18.7. The Labute approximate surface area is 155 Å². The number of likely N-dealkylation sites (tertiary alicyclic amines) is 2. The highest BCUT2D eigenvalue weighted by molar-refractivity contribution is 5.75. The molecular formula is C21H41N3O. The minimum Gasteiger partial charge on any atom is -0.356 e. The zero-order valence-electron chi connectivity index (χ0n) is 17.6. The van der Waals surface area contributed by atoms with Crippen molar-refractivity contribution in [2.75, 3.05) is 45.8 Å². The quantitative estimate of drug-likeness (QED) is 0.728. The van der Waals surface area contributed by atoms with Gasteiger partial charge in [0.2, 0.25) is 5.91 Å². The van der Waals surface area contributed by atoms with E-state index in [-0.39, 0.29) is 5.91 Å². The van der Waals surface area contributed by atoms with Gasteiger partial charge >= 0.3 is 0 Å². The van der Waals surface area contributed by atoms with E-state index in [4.69, 9.17) is 0 Å². The molecule has 0 aliphatic carbocycles. The number of nitrogens with zero attached hydrogens (tertiary/aromatic N) is 2. The summed E-state index contributed by atoms with van der Waals surface area (Å²) in [7, 11) is 0. The molecule has 146 valence electrons. The highest BCUT2D eigenvalue weighted by Crippen LogP contribution is 2.40. The molecule has 2 fully saturated rings. The van der Waals surface area contributed by atoms with Gasteiger partial charge in [0, 0.05) is 44.6 Å². The lowest BCUT2D eigenvalue weighted by molar-refractivity contribution is -0.123. The average molecular weight is 352 g/mol. The number of carbonyl (C=O) groups is 1. The molecule has 0 bridgehead atoms. The lowest BCUT2D eigenvalue weighted by Crippen LogP contribution is -2.72. The molecule has 4 nitrogen and oxygen atoms in total. The normalized spacial score (nSPS) is 21.0. The summed E-state index contributed by atoms with van der Waals surface area (Å²) < 4.78 is 0. The third-order valence-electron chi connectivity index (χ3n) is 5.49. The zero-order valence-corrected chi connectivity index (χ0v) is 17.6. The lowest BCUT2D eigenvalue weighted by Gasteiger charge is -2.61. The molecule has 25 heavy (non-hydrogen) atoms. The second-order valence-corrected chi connectivity index (χ2v) is 11.0. The molecule has 0 aromatic carbocycles. The predicted molar refractivity (Wildman–Crippen MR) is 106 cm³/mol. The van der Waals surface area contributed by atoms with Crippen LogP contribution in [0.2, 0.25) is 0 Å². The summed E-state index contributed by atoms with van der Waals surface area (Å²) in [4.78, 5) is 17.0. The van der Waals surface area contributed by atoms with E-state index in [2.05, 4.69) is 56.7 Å². The fraction of sp³-hybridized carbons (Fsp3) is 0.952. The van der Waals surface area contributed by atoms with Crippen LogP contribution in [0.4, 0.5) is 0 Å². The second kappa shape index (κ2) is 7.96. The van der Waals surface area contributed by atoms with Crippen LogP contribution in [-0.2, 0) is 4.79 Å². The predicted octanol–water partition coefficient (Wildman–Crippen LogP) is 3.37. The minimum atomic E-state index is 0.219. The molecule has 0 saturated carbocycles. The summed E-state index contributed by atoms with van der Waals surface area (Å²) in [6.45, 7) is 21.8. The van der Waals surface area contributed by atoms with Crippen molar-refractivity contribution in [1.82, 2.24) is 15.1 Å². The maximum absolute atomic E-state index is 11.9. The van der Waals surface area contributed by atoms with Gasteiger partial charge in [-0.3, -0.25) is 4.79 Å². The van der Waals surface area contributed by atoms with Gasteiger partial charge in [0.05, 0.1) is 0 Å². The van der Waals surface area contributed by atoms with Gasteiger partial charge in [0.15, 0.2) is 0 Å². The Balaban J connectivity index is 1.47. The van der Waals surface area contributed by atoms with E-state index in [9.17, 15) is 4.79 Å². The van der Waals surface area contributed by atoms with Gasteiger partial charge in [0.25, 0.3) is 0 Å². The third-order valence-corrected chi connectivity index (χ3v) is 5.49. The minimum absolute atomic E-state index is 0.219. The van der Waals surface area contributed by atoms with Crippen LogP contribution in [0.3, 0.4) is 0 Å². The standard InChI is InChI=1S/C21H41N3O/c1-19(2,3)9-11-22-18(25)8-7-12-23-14-21(15-23)16-24(17-21)13-10-20(4,5)6/h7-17H2,1-6H3,(H,22,25). The van der Waals surface area contributed by atoms with Crippen LogP contribution in [0, 0.1) is 16.2 Å². The summed E-state index contributed by atoms with van der Waals surface area (Å²) in [5.74, 6) is 0.219. The first kappa shape index (κ1) is 20.7. The number of hydrogen-bond donors (Lipinski definition) is 1. The van der Waals surface area contributed by atoms with Crippen molar-refractivity contribution in [2.45, 2.75) is 67.2 Å². The smallest absolute Gasteiger partial charge is 0.220 e. The molecule has 2 heterocycles. The molecule has 0 aromatic heterocycles. The average Bonchev–Trinajstić information content (AvgIpc) is 2.35. The lowest BCUT2D eigenvalue weighted by atomic mass is 9.72. The van der Waals surface area contributed by atoms with E-state index < -0.39 is 0 Å². The van der Waals surface area contributed by atoms with Gasteiger partial charge in [0.1, 0.15) is 0 Å². The molecule has 2 rings (SSSR count). The third kappa shape index (κ3) is 7.26. The van der Waals surface area contributed by atoms with E-state index in [0.717, 1.165) is 25.9 Å². The summed E-state index contributed by atoms with van der Waals surface area (Å²) in [6.07, 6.45) is 3.99. The summed E-state index contributed by atoms with van der Waals surface area (Å²) in [5.41, 5.74) is 1.33. The van der Waals surface area contributed by atoms with Crippen molar-refractivity contribution in [3.63, 3.8) is 0 Å². The van der Waals surface area contributed by atoms with Crippen molar-refractivity contribution in [2.24, 2.45) is 16.2 Å². The molecule has 1 amide bonds. The molecule has 2 aliphatic heterocycles. The Hall–Kier alpha value is -0.610. The number of nitrogens with one attached hydrogen (secondary N) is 1. The number of carbonyl (C=O) groups excluding carboxylic acids is 1. The Morgan fingerprint density at radius 2 is 1.40 bits per heavy atom. The summed E-state index contributed by atoms with van der Waals surface area (Å²) >= 11 is 0. The number of rotatable bonds is 8. The molecular weight excluding hydrogens is 310 g/mol. The van der Waals surface area contributed by atoms with Crippen molar-refractivity contribution in [1.29, 1.82) is 0 Å². The highest BCUT2D eigenvalue weighted by atomic mass is 16.1. The molecule has 0 aromatic rings. The fourth-order valence-electron chi connectivity index (χ4n) is 3.94. The van der Waals surface area contributed by atoms with Crippen molar-refractivity contribution in [3.05, 3.63) is 0 Å². The molecule has 2 saturated heterocycles. The summed E-state index contributed by atoms with van der Waals surface area (Å²) in [6, 6.07) is 0. The fourth-order valence-corrected chi connectivity index (χ4v) is 3.94. The van der Waals surface area contributed by atoms with Crippen molar-refractivity contribution >= 4 is 5.91 Å².